The van der Waals surface area contributed by atoms with Crippen LogP contribution in [0.5, 0.6) is 0 Å². The molecular formula is C14H14F3N3O3S. The number of alkyl halides is 3. The lowest BCUT2D eigenvalue weighted by molar-refractivity contribution is -0.141. The smallest absolute Gasteiger partial charge is 0.295 e. The number of carbonyl (C=O) groups excluding carboxylic acids is 1. The van der Waals surface area contributed by atoms with E-state index in [1.165, 1.54) is 31.2 Å². The standard InChI is InChI=1S/C14H14F3N3O3S/c1-10(21)11-2-4-12(5-3-11)24(22,23)18-7-9-20-8-6-13(19-20)14(15,16)17/h2-6,8,18H,7,9H2,1H3. The van der Waals surface area contributed by atoms with E-state index < -0.39 is 21.9 Å². The summed E-state index contributed by atoms with van der Waals surface area (Å²) in [4.78, 5) is 11.1. The number of Topliss-reactive ketones (excluding diaryl/α,β-unsaturated/α-hetero) is 1. The molecule has 0 saturated carbocycles. The van der Waals surface area contributed by atoms with Gasteiger partial charge in [0.25, 0.3) is 0 Å². The highest BCUT2D eigenvalue weighted by Crippen LogP contribution is 2.27. The van der Waals surface area contributed by atoms with Gasteiger partial charge in [-0.2, -0.15) is 18.3 Å². The van der Waals surface area contributed by atoms with E-state index in [0.29, 0.717) is 5.56 Å². The molecule has 1 N–H and O–H groups in total. The van der Waals surface area contributed by atoms with Gasteiger partial charge in [-0.3, -0.25) is 9.48 Å². The van der Waals surface area contributed by atoms with E-state index in [4.69, 9.17) is 0 Å². The van der Waals surface area contributed by atoms with E-state index in [1.807, 2.05) is 0 Å². The van der Waals surface area contributed by atoms with Crippen molar-refractivity contribution >= 4 is 15.8 Å². The van der Waals surface area contributed by atoms with Gasteiger partial charge < -0.3 is 0 Å². The van der Waals surface area contributed by atoms with E-state index in [2.05, 4.69) is 9.82 Å². The van der Waals surface area contributed by atoms with Gasteiger partial charge in [-0.25, -0.2) is 13.1 Å². The number of aromatic nitrogens is 2. The summed E-state index contributed by atoms with van der Waals surface area (Å²) in [5, 5.41) is 3.32. The van der Waals surface area contributed by atoms with Crippen LogP contribution >= 0.6 is 0 Å². The fourth-order valence-corrected chi connectivity index (χ4v) is 2.91. The zero-order valence-corrected chi connectivity index (χ0v) is 13.4. The quantitative estimate of drug-likeness (QED) is 0.799. The molecule has 10 heteroatoms. The number of hydrogen-bond donors (Lipinski definition) is 1. The average molecular weight is 361 g/mol. The molecule has 1 aromatic heterocycles. The van der Waals surface area contributed by atoms with Crippen LogP contribution in [0.1, 0.15) is 23.0 Å². The van der Waals surface area contributed by atoms with Crippen LogP contribution in [0.2, 0.25) is 0 Å². The maximum Gasteiger partial charge on any atom is 0.435 e. The van der Waals surface area contributed by atoms with Crippen molar-refractivity contribution in [3.63, 3.8) is 0 Å². The van der Waals surface area contributed by atoms with Gasteiger partial charge in [0, 0.05) is 18.3 Å². The molecular weight excluding hydrogens is 347 g/mol. The SMILES string of the molecule is CC(=O)c1ccc(S(=O)(=O)NCCn2ccc(C(F)(F)F)n2)cc1. The van der Waals surface area contributed by atoms with E-state index in [-0.39, 0.29) is 23.8 Å². The molecule has 1 aromatic carbocycles. The molecule has 130 valence electrons. The third-order valence-corrected chi connectivity index (χ3v) is 4.61. The fraction of sp³-hybridized carbons (Fsp3) is 0.286. The third kappa shape index (κ3) is 4.42. The number of nitrogens with one attached hydrogen (secondary N) is 1. The number of hydrogen-bond acceptors (Lipinski definition) is 4. The Balaban J connectivity index is 1.97. The molecule has 0 aliphatic heterocycles. The zero-order chi connectivity index (χ0) is 18.0. The Hall–Kier alpha value is -2.20. The lowest BCUT2D eigenvalue weighted by atomic mass is 10.2. The second-order valence-electron chi connectivity index (χ2n) is 4.94. The lowest BCUT2D eigenvalue weighted by Crippen LogP contribution is -2.27. The molecule has 0 saturated heterocycles. The Morgan fingerprint density at radius 3 is 2.33 bits per heavy atom. The van der Waals surface area contributed by atoms with Gasteiger partial charge in [-0.1, -0.05) is 12.1 Å². The summed E-state index contributed by atoms with van der Waals surface area (Å²) >= 11 is 0. The molecule has 0 radical (unpaired) electrons. The highest BCUT2D eigenvalue weighted by atomic mass is 32.2. The molecule has 0 fully saturated rings. The van der Waals surface area contributed by atoms with Crippen LogP contribution in [0.3, 0.4) is 0 Å². The number of benzene rings is 1. The Morgan fingerprint density at radius 2 is 1.83 bits per heavy atom. The predicted molar refractivity (Wildman–Crippen MR) is 78.9 cm³/mol. The minimum atomic E-state index is -4.54. The van der Waals surface area contributed by atoms with Crippen molar-refractivity contribution in [2.75, 3.05) is 6.54 Å². The van der Waals surface area contributed by atoms with Crippen LogP contribution in [0.25, 0.3) is 0 Å². The number of ketones is 1. The van der Waals surface area contributed by atoms with Crippen molar-refractivity contribution in [1.82, 2.24) is 14.5 Å². The number of carbonyl (C=O) groups is 1. The monoisotopic (exact) mass is 361 g/mol. The van der Waals surface area contributed by atoms with Crippen molar-refractivity contribution in [1.29, 1.82) is 0 Å². The van der Waals surface area contributed by atoms with Gasteiger partial charge in [0.1, 0.15) is 0 Å². The highest BCUT2D eigenvalue weighted by molar-refractivity contribution is 7.89. The normalized spacial score (nSPS) is 12.3. The molecule has 0 amide bonds. The van der Waals surface area contributed by atoms with Crippen molar-refractivity contribution in [2.24, 2.45) is 0 Å². The summed E-state index contributed by atoms with van der Waals surface area (Å²) in [6.45, 7) is 1.18. The topological polar surface area (TPSA) is 81.1 Å². The van der Waals surface area contributed by atoms with E-state index in [0.717, 1.165) is 16.9 Å². The molecule has 0 aliphatic carbocycles. The maximum absolute atomic E-state index is 12.4. The summed E-state index contributed by atoms with van der Waals surface area (Å²) in [6, 6.07) is 6.17. The van der Waals surface area contributed by atoms with Crippen molar-refractivity contribution in [2.45, 2.75) is 24.5 Å². The third-order valence-electron chi connectivity index (χ3n) is 3.14. The molecule has 2 aromatic rings. The van der Waals surface area contributed by atoms with Crippen molar-refractivity contribution in [3.05, 3.63) is 47.8 Å². The van der Waals surface area contributed by atoms with E-state index in [1.54, 1.807) is 0 Å². The van der Waals surface area contributed by atoms with Gasteiger partial charge in [0.2, 0.25) is 10.0 Å². The van der Waals surface area contributed by atoms with Crippen LogP contribution in [0.15, 0.2) is 41.4 Å². The summed E-state index contributed by atoms with van der Waals surface area (Å²) in [7, 11) is -3.82. The Kier molecular flexibility index (Phi) is 5.09. The van der Waals surface area contributed by atoms with Gasteiger partial charge in [0.15, 0.2) is 11.5 Å². The average Bonchev–Trinajstić information content (AvgIpc) is 2.96. The molecule has 0 bridgehead atoms. The number of halogens is 3. The van der Waals surface area contributed by atoms with Crippen LogP contribution < -0.4 is 4.72 Å². The summed E-state index contributed by atoms with van der Waals surface area (Å²) in [5.41, 5.74) is -0.657. The molecule has 0 spiro atoms. The van der Waals surface area contributed by atoms with Gasteiger partial charge in [-0.15, -0.1) is 0 Å². The number of nitrogens with zero attached hydrogens (tertiary/aromatic N) is 2. The summed E-state index contributed by atoms with van der Waals surface area (Å²) < 4.78 is 64.6. The highest BCUT2D eigenvalue weighted by Gasteiger charge is 2.33. The molecule has 0 unspecified atom stereocenters. The number of sulfonamides is 1. The minimum absolute atomic E-state index is 0.0380. The van der Waals surface area contributed by atoms with Crippen LogP contribution in [-0.4, -0.2) is 30.5 Å². The predicted octanol–water partition coefficient (Wildman–Crippen LogP) is 2.08. The Labute approximate surface area is 136 Å². The van der Waals surface area contributed by atoms with Gasteiger partial charge in [0.05, 0.1) is 11.4 Å². The van der Waals surface area contributed by atoms with Crippen LogP contribution in [0.4, 0.5) is 13.2 Å². The van der Waals surface area contributed by atoms with Crippen LogP contribution in [0, 0.1) is 0 Å². The van der Waals surface area contributed by atoms with Crippen molar-refractivity contribution < 1.29 is 26.4 Å². The van der Waals surface area contributed by atoms with Gasteiger partial charge in [-0.05, 0) is 25.1 Å². The first kappa shape index (κ1) is 18.1. The zero-order valence-electron chi connectivity index (χ0n) is 12.5. The van der Waals surface area contributed by atoms with Gasteiger partial charge >= 0.3 is 6.18 Å². The maximum atomic E-state index is 12.4. The lowest BCUT2D eigenvalue weighted by Gasteiger charge is -2.07. The first-order chi connectivity index (χ1) is 11.1. The summed E-state index contributed by atoms with van der Waals surface area (Å²) in [5.74, 6) is -0.189. The van der Waals surface area contributed by atoms with E-state index in [9.17, 15) is 26.4 Å². The molecule has 2 rings (SSSR count). The number of rotatable bonds is 6. The molecule has 1 heterocycles. The Bertz CT molecular complexity index is 827. The molecule has 0 aliphatic rings. The molecule has 0 atom stereocenters. The van der Waals surface area contributed by atoms with E-state index >= 15 is 0 Å². The molecule has 6 nitrogen and oxygen atoms in total. The second kappa shape index (κ2) is 6.73. The Morgan fingerprint density at radius 1 is 1.21 bits per heavy atom. The van der Waals surface area contributed by atoms with Crippen molar-refractivity contribution in [3.8, 4) is 0 Å². The minimum Gasteiger partial charge on any atom is -0.295 e. The largest absolute Gasteiger partial charge is 0.435 e. The summed E-state index contributed by atoms with van der Waals surface area (Å²) in [6.07, 6.45) is -3.41. The first-order valence-electron chi connectivity index (χ1n) is 6.81. The first-order valence-corrected chi connectivity index (χ1v) is 8.29. The second-order valence-corrected chi connectivity index (χ2v) is 6.71. The fourth-order valence-electron chi connectivity index (χ4n) is 1.88. The van der Waals surface area contributed by atoms with Crippen LogP contribution in [-0.2, 0) is 22.7 Å². The molecule has 24 heavy (non-hydrogen) atoms.